The van der Waals surface area contributed by atoms with Gasteiger partial charge in [0.15, 0.2) is 0 Å². The van der Waals surface area contributed by atoms with Gasteiger partial charge in [-0.15, -0.1) is 0 Å². The van der Waals surface area contributed by atoms with Crippen molar-refractivity contribution in [1.82, 2.24) is 4.90 Å². The molecule has 0 rings (SSSR count). The molecule has 27 heavy (non-hydrogen) atoms. The van der Waals surface area contributed by atoms with Crippen molar-refractivity contribution in [3.8, 4) is 0 Å². The van der Waals surface area contributed by atoms with Crippen molar-refractivity contribution < 1.29 is 14.7 Å². The highest BCUT2D eigenvalue weighted by molar-refractivity contribution is 5.75. The summed E-state index contributed by atoms with van der Waals surface area (Å²) in [5, 5.41) is 8.49. The number of unbranched alkanes of at least 4 members (excludes halogenated alkanes) is 12. The van der Waals surface area contributed by atoms with Gasteiger partial charge in [-0.1, -0.05) is 97.8 Å². The molecule has 0 fully saturated rings. The summed E-state index contributed by atoms with van der Waals surface area (Å²) in [6.07, 6.45) is 17.3. The molecule has 3 N–H and O–H groups in total. The summed E-state index contributed by atoms with van der Waals surface area (Å²) in [5.74, 6) is -0.906. The van der Waals surface area contributed by atoms with Crippen LogP contribution in [0.15, 0.2) is 0 Å². The maximum absolute atomic E-state index is 10.3. The Morgan fingerprint density at radius 3 is 1.33 bits per heavy atom. The second kappa shape index (κ2) is 22.9. The molecule has 0 bridgehead atoms. The average molecular weight is 387 g/mol. The standard InChI is InChI=1S/C16H32O2.C6H14N2O/c1-2-3-4-5-6-7-8-9-10-11-12-13-14-15-16(17)18;1-3-8(4-2)5-6(7)9/h2-15H2,1H3,(H,17,18);3-5H2,1-2H3,(H2,7,9). The third-order valence-electron chi connectivity index (χ3n) is 4.77. The number of carbonyl (C=O) groups excluding carboxylic acids is 1. The van der Waals surface area contributed by atoms with Crippen LogP contribution in [0, 0.1) is 0 Å². The average Bonchev–Trinajstić information content (AvgIpc) is 2.63. The van der Waals surface area contributed by atoms with Crippen LogP contribution in [0.3, 0.4) is 0 Å². The molecule has 5 nitrogen and oxygen atoms in total. The number of aliphatic carboxylic acids is 1. The van der Waals surface area contributed by atoms with E-state index in [0.717, 1.165) is 25.9 Å². The van der Waals surface area contributed by atoms with Gasteiger partial charge in [-0.3, -0.25) is 14.5 Å². The summed E-state index contributed by atoms with van der Waals surface area (Å²) in [6.45, 7) is 8.43. The van der Waals surface area contributed by atoms with E-state index < -0.39 is 5.97 Å². The fraction of sp³-hybridized carbons (Fsp3) is 0.909. The van der Waals surface area contributed by atoms with Crippen LogP contribution in [0.1, 0.15) is 111 Å². The first-order valence-corrected chi connectivity index (χ1v) is 11.2. The molecular formula is C22H46N2O3. The predicted molar refractivity (Wildman–Crippen MR) is 115 cm³/mol. The molecule has 0 aliphatic rings. The minimum atomic E-state index is -0.655. The molecule has 1 amide bonds. The number of hydrogen-bond donors (Lipinski definition) is 2. The minimum absolute atomic E-state index is 0.251. The van der Waals surface area contributed by atoms with Gasteiger partial charge in [-0.25, -0.2) is 0 Å². The minimum Gasteiger partial charge on any atom is -0.481 e. The van der Waals surface area contributed by atoms with E-state index in [0.29, 0.717) is 13.0 Å². The first kappa shape index (κ1) is 28.1. The monoisotopic (exact) mass is 386 g/mol. The van der Waals surface area contributed by atoms with Gasteiger partial charge in [0.2, 0.25) is 5.91 Å². The largest absolute Gasteiger partial charge is 0.481 e. The molecule has 0 atom stereocenters. The molecule has 0 radical (unpaired) electrons. The number of hydrogen-bond acceptors (Lipinski definition) is 3. The second-order valence-electron chi connectivity index (χ2n) is 7.31. The van der Waals surface area contributed by atoms with Crippen molar-refractivity contribution in [3.05, 3.63) is 0 Å². The van der Waals surface area contributed by atoms with E-state index in [1.807, 2.05) is 18.7 Å². The first-order valence-electron chi connectivity index (χ1n) is 11.2. The van der Waals surface area contributed by atoms with Crippen LogP contribution >= 0.6 is 0 Å². The molecule has 0 saturated heterocycles. The summed E-state index contributed by atoms with van der Waals surface area (Å²) in [5.41, 5.74) is 4.96. The Hall–Kier alpha value is -1.10. The predicted octanol–water partition coefficient (Wildman–Crippen LogP) is 5.37. The molecule has 0 heterocycles. The van der Waals surface area contributed by atoms with Gasteiger partial charge in [0.05, 0.1) is 6.54 Å². The normalized spacial score (nSPS) is 10.5. The number of carboxylic acid groups (broad SMARTS) is 1. The molecule has 0 aliphatic heterocycles. The number of likely N-dealkylation sites (N-methyl/N-ethyl adjacent to an activating group) is 1. The number of rotatable bonds is 18. The zero-order valence-electron chi connectivity index (χ0n) is 18.3. The molecule has 0 aromatic carbocycles. The highest BCUT2D eigenvalue weighted by Crippen LogP contribution is 2.12. The summed E-state index contributed by atoms with van der Waals surface area (Å²) in [6, 6.07) is 0. The van der Waals surface area contributed by atoms with Crippen molar-refractivity contribution in [2.75, 3.05) is 19.6 Å². The lowest BCUT2D eigenvalue weighted by molar-refractivity contribution is -0.137. The van der Waals surface area contributed by atoms with Crippen molar-refractivity contribution in [2.24, 2.45) is 5.73 Å². The maximum atomic E-state index is 10.3. The van der Waals surface area contributed by atoms with Crippen LogP contribution in [0.4, 0.5) is 0 Å². The molecule has 0 aliphatic carbocycles. The summed E-state index contributed by atoms with van der Waals surface area (Å²) in [4.78, 5) is 22.6. The molecular weight excluding hydrogens is 340 g/mol. The SMILES string of the molecule is CCCCCCCCCCCCCCCC(=O)O.CCN(CC)CC(N)=O. The highest BCUT2D eigenvalue weighted by atomic mass is 16.4. The molecule has 0 unspecified atom stereocenters. The van der Waals surface area contributed by atoms with Crippen LogP contribution in [-0.4, -0.2) is 41.5 Å². The topological polar surface area (TPSA) is 83.6 Å². The van der Waals surface area contributed by atoms with Crippen LogP contribution in [-0.2, 0) is 9.59 Å². The van der Waals surface area contributed by atoms with E-state index in [2.05, 4.69) is 6.92 Å². The van der Waals surface area contributed by atoms with Crippen molar-refractivity contribution in [3.63, 3.8) is 0 Å². The lowest BCUT2D eigenvalue weighted by atomic mass is 10.0. The molecule has 162 valence electrons. The Morgan fingerprint density at radius 2 is 1.07 bits per heavy atom. The molecule has 0 aromatic rings. The van der Waals surface area contributed by atoms with Gasteiger partial charge in [0, 0.05) is 6.42 Å². The Bertz CT molecular complexity index is 332. The van der Waals surface area contributed by atoms with Gasteiger partial charge in [-0.2, -0.15) is 0 Å². The van der Waals surface area contributed by atoms with E-state index in [1.165, 1.54) is 70.6 Å². The lowest BCUT2D eigenvalue weighted by Gasteiger charge is -2.14. The number of carboxylic acids is 1. The van der Waals surface area contributed by atoms with Crippen molar-refractivity contribution >= 4 is 11.9 Å². The van der Waals surface area contributed by atoms with Gasteiger partial charge in [0.1, 0.15) is 0 Å². The number of primary amides is 1. The summed E-state index contributed by atoms with van der Waals surface area (Å²) >= 11 is 0. The lowest BCUT2D eigenvalue weighted by Crippen LogP contribution is -2.33. The molecule has 5 heteroatoms. The van der Waals surface area contributed by atoms with Gasteiger partial charge >= 0.3 is 5.97 Å². The summed E-state index contributed by atoms with van der Waals surface area (Å²) in [7, 11) is 0. The van der Waals surface area contributed by atoms with E-state index >= 15 is 0 Å². The van der Waals surface area contributed by atoms with E-state index in [-0.39, 0.29) is 5.91 Å². The maximum Gasteiger partial charge on any atom is 0.303 e. The highest BCUT2D eigenvalue weighted by Gasteiger charge is 2.00. The number of amides is 1. The van der Waals surface area contributed by atoms with Crippen LogP contribution in [0.25, 0.3) is 0 Å². The van der Waals surface area contributed by atoms with E-state index in [9.17, 15) is 9.59 Å². The smallest absolute Gasteiger partial charge is 0.303 e. The molecule has 0 saturated carbocycles. The third kappa shape index (κ3) is 27.2. The third-order valence-corrected chi connectivity index (χ3v) is 4.77. The number of carbonyl (C=O) groups is 2. The number of nitrogens with two attached hydrogens (primary N) is 1. The first-order chi connectivity index (χ1) is 13.0. The van der Waals surface area contributed by atoms with Crippen molar-refractivity contribution in [2.45, 2.75) is 111 Å². The van der Waals surface area contributed by atoms with Crippen LogP contribution in [0.2, 0.25) is 0 Å². The van der Waals surface area contributed by atoms with Crippen LogP contribution < -0.4 is 5.73 Å². The van der Waals surface area contributed by atoms with E-state index in [1.54, 1.807) is 0 Å². The zero-order valence-corrected chi connectivity index (χ0v) is 18.3. The fourth-order valence-electron chi connectivity index (χ4n) is 2.96. The van der Waals surface area contributed by atoms with Crippen molar-refractivity contribution in [1.29, 1.82) is 0 Å². The van der Waals surface area contributed by atoms with Gasteiger partial charge < -0.3 is 10.8 Å². The van der Waals surface area contributed by atoms with Gasteiger partial charge in [-0.05, 0) is 19.5 Å². The Morgan fingerprint density at radius 1 is 0.704 bits per heavy atom. The summed E-state index contributed by atoms with van der Waals surface area (Å²) < 4.78 is 0. The Balaban J connectivity index is 0. The Kier molecular flexibility index (Phi) is 23.9. The molecule has 0 spiro atoms. The Labute approximate surface area is 168 Å². The van der Waals surface area contributed by atoms with Crippen LogP contribution in [0.5, 0.6) is 0 Å². The number of nitrogens with zero attached hydrogens (tertiary/aromatic N) is 1. The second-order valence-corrected chi connectivity index (χ2v) is 7.31. The quantitative estimate of drug-likeness (QED) is 0.310. The van der Waals surface area contributed by atoms with E-state index in [4.69, 9.17) is 10.8 Å². The molecule has 0 aromatic heterocycles. The zero-order chi connectivity index (χ0) is 20.8. The fourth-order valence-corrected chi connectivity index (χ4v) is 2.96. The van der Waals surface area contributed by atoms with Gasteiger partial charge in [0.25, 0.3) is 0 Å².